The van der Waals surface area contributed by atoms with Crippen LogP contribution in [-0.2, 0) is 0 Å². The lowest BCUT2D eigenvalue weighted by Crippen LogP contribution is -2.04. The topological polar surface area (TPSA) is 46.5 Å². The number of fused-ring (bicyclic) bond motifs is 1. The fourth-order valence-electron chi connectivity index (χ4n) is 2.49. The van der Waals surface area contributed by atoms with Crippen LogP contribution in [0.4, 0.5) is 0 Å². The van der Waals surface area contributed by atoms with Crippen molar-refractivity contribution in [1.82, 2.24) is 0 Å². The second-order valence-corrected chi connectivity index (χ2v) is 5.50. The summed E-state index contributed by atoms with van der Waals surface area (Å²) in [6.45, 7) is 0.0645. The molecular formula is C21H17NO2. The van der Waals surface area contributed by atoms with E-state index in [9.17, 15) is 9.59 Å². The van der Waals surface area contributed by atoms with Gasteiger partial charge >= 0.3 is 0 Å². The molecule has 0 heterocycles. The zero-order chi connectivity index (χ0) is 16.8. The average Bonchev–Trinajstić information content (AvgIpc) is 2.65. The van der Waals surface area contributed by atoms with Crippen molar-refractivity contribution in [2.75, 3.05) is 6.54 Å². The molecule has 0 aliphatic heterocycles. The van der Waals surface area contributed by atoms with Crippen molar-refractivity contribution in [1.29, 1.82) is 0 Å². The highest BCUT2D eigenvalue weighted by molar-refractivity contribution is 6.06. The molecule has 24 heavy (non-hydrogen) atoms. The highest BCUT2D eigenvalue weighted by atomic mass is 16.1. The maximum absolute atomic E-state index is 12.2. The first-order valence-corrected chi connectivity index (χ1v) is 7.82. The second-order valence-electron chi connectivity index (χ2n) is 5.50. The lowest BCUT2D eigenvalue weighted by Gasteiger charge is -2.01. The highest BCUT2D eigenvalue weighted by Gasteiger charge is 2.06. The van der Waals surface area contributed by atoms with E-state index in [2.05, 4.69) is 4.99 Å². The zero-order valence-corrected chi connectivity index (χ0v) is 13.2. The third kappa shape index (κ3) is 3.82. The van der Waals surface area contributed by atoms with Gasteiger partial charge in [-0.05, 0) is 16.8 Å². The zero-order valence-electron chi connectivity index (χ0n) is 13.2. The molecule has 3 aromatic rings. The summed E-state index contributed by atoms with van der Waals surface area (Å²) in [4.78, 5) is 28.2. The maximum Gasteiger partial charge on any atom is 0.184 e. The Morgan fingerprint density at radius 1 is 0.750 bits per heavy atom. The van der Waals surface area contributed by atoms with Gasteiger partial charge in [0.1, 0.15) is 6.54 Å². The van der Waals surface area contributed by atoms with E-state index in [0.717, 1.165) is 10.8 Å². The molecule has 3 heteroatoms. The molecule has 118 valence electrons. The van der Waals surface area contributed by atoms with Crippen molar-refractivity contribution in [3.8, 4) is 0 Å². The Morgan fingerprint density at radius 2 is 1.46 bits per heavy atom. The molecule has 0 saturated heterocycles. The molecule has 0 bridgehead atoms. The number of hydrogen-bond acceptors (Lipinski definition) is 3. The molecule has 0 spiro atoms. The van der Waals surface area contributed by atoms with E-state index in [1.165, 1.54) is 6.21 Å². The minimum Gasteiger partial charge on any atom is -0.294 e. The summed E-state index contributed by atoms with van der Waals surface area (Å²) in [6.07, 6.45) is 1.72. The lowest BCUT2D eigenvalue weighted by atomic mass is 10.0. The first kappa shape index (κ1) is 15.8. The number of hydrogen-bond donors (Lipinski definition) is 0. The average molecular weight is 315 g/mol. The number of carbonyl (C=O) groups excluding carboxylic acids is 2. The van der Waals surface area contributed by atoms with E-state index in [-0.39, 0.29) is 24.5 Å². The van der Waals surface area contributed by atoms with Crippen LogP contribution >= 0.6 is 0 Å². The van der Waals surface area contributed by atoms with Gasteiger partial charge in [-0.1, -0.05) is 66.7 Å². The highest BCUT2D eigenvalue weighted by Crippen LogP contribution is 2.16. The SMILES string of the molecule is O=C(CC=NCC(=O)c1ccccc1)c1ccc2ccccc2c1. The first-order chi connectivity index (χ1) is 11.7. The number of Topliss-reactive ketones (excluding diaryl/α,β-unsaturated/α-hetero) is 2. The maximum atomic E-state index is 12.2. The van der Waals surface area contributed by atoms with Gasteiger partial charge in [-0.15, -0.1) is 0 Å². The molecule has 3 aromatic carbocycles. The van der Waals surface area contributed by atoms with Crippen LogP contribution in [0, 0.1) is 0 Å². The van der Waals surface area contributed by atoms with Gasteiger partial charge in [-0.25, -0.2) is 0 Å². The van der Waals surface area contributed by atoms with Crippen LogP contribution in [0.15, 0.2) is 77.8 Å². The van der Waals surface area contributed by atoms with Gasteiger partial charge in [0, 0.05) is 23.8 Å². The minimum atomic E-state index is -0.0509. The molecule has 0 aromatic heterocycles. The molecule has 3 rings (SSSR count). The molecule has 3 nitrogen and oxygen atoms in total. The van der Waals surface area contributed by atoms with Gasteiger partial charge in [0.25, 0.3) is 0 Å². The second kappa shape index (κ2) is 7.47. The summed E-state index contributed by atoms with van der Waals surface area (Å²) < 4.78 is 0. The van der Waals surface area contributed by atoms with Gasteiger partial charge < -0.3 is 0 Å². The molecule has 0 N–H and O–H groups in total. The van der Waals surface area contributed by atoms with Crippen molar-refractivity contribution in [2.24, 2.45) is 4.99 Å². The minimum absolute atomic E-state index is 0.00309. The molecule has 0 aliphatic carbocycles. The van der Waals surface area contributed by atoms with Crippen molar-refractivity contribution in [2.45, 2.75) is 6.42 Å². The number of carbonyl (C=O) groups is 2. The molecule has 0 unspecified atom stereocenters. The van der Waals surface area contributed by atoms with Gasteiger partial charge in [0.05, 0.1) is 0 Å². The fraction of sp³-hybridized carbons (Fsp3) is 0.0952. The Bertz CT molecular complexity index is 898. The Kier molecular flexibility index (Phi) is 4.92. The van der Waals surface area contributed by atoms with Crippen molar-refractivity contribution in [3.05, 3.63) is 83.9 Å². The van der Waals surface area contributed by atoms with E-state index in [4.69, 9.17) is 0 Å². The Labute approximate surface area is 140 Å². The van der Waals surface area contributed by atoms with Crippen LogP contribution in [0.1, 0.15) is 27.1 Å². The monoisotopic (exact) mass is 315 g/mol. The van der Waals surface area contributed by atoms with Gasteiger partial charge in [-0.3, -0.25) is 14.6 Å². The number of aliphatic imine (C=N–C) groups is 1. The Balaban J connectivity index is 1.59. The molecule has 0 fully saturated rings. The van der Waals surface area contributed by atoms with E-state index >= 15 is 0 Å². The Morgan fingerprint density at radius 3 is 2.25 bits per heavy atom. The third-order valence-electron chi connectivity index (χ3n) is 3.81. The lowest BCUT2D eigenvalue weighted by molar-refractivity contribution is 0.0990. The predicted octanol–water partition coefficient (Wildman–Crippen LogP) is 4.37. The van der Waals surface area contributed by atoms with E-state index in [1.54, 1.807) is 12.1 Å². The quantitative estimate of drug-likeness (QED) is 0.501. The summed E-state index contributed by atoms with van der Waals surface area (Å²) in [6, 6.07) is 22.6. The van der Waals surface area contributed by atoms with Crippen LogP contribution in [0.3, 0.4) is 0 Å². The summed E-state index contributed by atoms with van der Waals surface area (Å²) >= 11 is 0. The van der Waals surface area contributed by atoms with Gasteiger partial charge in [0.2, 0.25) is 0 Å². The van der Waals surface area contributed by atoms with Crippen molar-refractivity contribution >= 4 is 28.6 Å². The van der Waals surface area contributed by atoms with Gasteiger partial charge in [-0.2, -0.15) is 0 Å². The number of ketones is 2. The summed E-state index contributed by atoms with van der Waals surface area (Å²) in [5.74, 6) is -0.0540. The molecule has 0 radical (unpaired) electrons. The first-order valence-electron chi connectivity index (χ1n) is 7.82. The third-order valence-corrected chi connectivity index (χ3v) is 3.81. The van der Waals surface area contributed by atoms with E-state index in [0.29, 0.717) is 11.1 Å². The smallest absolute Gasteiger partial charge is 0.184 e. The normalized spacial score (nSPS) is 11.0. The molecule has 0 amide bonds. The standard InChI is InChI=1S/C21H17NO2/c23-20(19-11-10-16-6-4-5-9-18(16)14-19)12-13-22-15-21(24)17-7-2-1-3-8-17/h1-11,13-14H,12,15H2. The van der Waals surface area contributed by atoms with Crippen molar-refractivity contribution in [3.63, 3.8) is 0 Å². The summed E-state index contributed by atoms with van der Waals surface area (Å²) in [7, 11) is 0. The van der Waals surface area contributed by atoms with Crippen LogP contribution in [0.5, 0.6) is 0 Å². The number of benzene rings is 3. The van der Waals surface area contributed by atoms with Crippen LogP contribution in [-0.4, -0.2) is 24.3 Å². The van der Waals surface area contributed by atoms with Crippen LogP contribution in [0.25, 0.3) is 10.8 Å². The summed E-state index contributed by atoms with van der Waals surface area (Å²) in [5.41, 5.74) is 1.30. The van der Waals surface area contributed by atoms with Crippen LogP contribution < -0.4 is 0 Å². The molecular weight excluding hydrogens is 298 g/mol. The number of rotatable bonds is 6. The molecule has 0 atom stereocenters. The van der Waals surface area contributed by atoms with Crippen molar-refractivity contribution < 1.29 is 9.59 Å². The number of nitrogens with zero attached hydrogens (tertiary/aromatic N) is 1. The molecule has 0 aliphatic rings. The summed E-state index contributed by atoms with van der Waals surface area (Å²) in [5, 5.41) is 2.15. The largest absolute Gasteiger partial charge is 0.294 e. The Hall–Kier alpha value is -3.07. The van der Waals surface area contributed by atoms with Crippen LogP contribution in [0.2, 0.25) is 0 Å². The van der Waals surface area contributed by atoms with E-state index < -0.39 is 0 Å². The predicted molar refractivity (Wildman–Crippen MR) is 97.0 cm³/mol. The fourth-order valence-corrected chi connectivity index (χ4v) is 2.49. The van der Waals surface area contributed by atoms with E-state index in [1.807, 2.05) is 60.7 Å². The van der Waals surface area contributed by atoms with Gasteiger partial charge in [0.15, 0.2) is 11.6 Å². The molecule has 0 saturated carbocycles.